The van der Waals surface area contributed by atoms with E-state index < -0.39 is 16.3 Å². The van der Waals surface area contributed by atoms with Crippen LogP contribution in [0.4, 0.5) is 0 Å². The van der Waals surface area contributed by atoms with Gasteiger partial charge in [0.15, 0.2) is 0 Å². The Kier molecular flexibility index (Phi) is 13.0. The van der Waals surface area contributed by atoms with Gasteiger partial charge in [-0.2, -0.15) is 0 Å². The van der Waals surface area contributed by atoms with Gasteiger partial charge in [0.05, 0.1) is 27.7 Å². The molecule has 178 valence electrons. The molecule has 2 radical (unpaired) electrons. The summed E-state index contributed by atoms with van der Waals surface area (Å²) >= 11 is 0. The van der Waals surface area contributed by atoms with E-state index in [-0.39, 0.29) is 24.3 Å². The molecule has 0 fully saturated rings. The lowest BCUT2D eigenvalue weighted by molar-refractivity contribution is -0.132. The summed E-state index contributed by atoms with van der Waals surface area (Å²) in [5.74, 6) is -0.509. The Hall–Kier alpha value is -1.61. The molecule has 0 saturated heterocycles. The summed E-state index contributed by atoms with van der Waals surface area (Å²) in [5, 5.41) is 7.57. The van der Waals surface area contributed by atoms with Gasteiger partial charge in [-0.05, 0) is 26.7 Å². The van der Waals surface area contributed by atoms with Gasteiger partial charge >= 0.3 is 0 Å². The Morgan fingerprint density at radius 1 is 0.839 bits per heavy atom. The van der Waals surface area contributed by atoms with Crippen LogP contribution in [0.1, 0.15) is 67.7 Å². The highest BCUT2D eigenvalue weighted by molar-refractivity contribution is 6.27. The van der Waals surface area contributed by atoms with Gasteiger partial charge in [0.2, 0.25) is 17.7 Å². The van der Waals surface area contributed by atoms with Gasteiger partial charge < -0.3 is 25.4 Å². The number of ether oxygens (including phenoxy) is 2. The Morgan fingerprint density at radius 3 is 2.03 bits per heavy atom. The first kappa shape index (κ1) is 29.4. The van der Waals surface area contributed by atoms with Gasteiger partial charge in [0, 0.05) is 29.4 Å². The van der Waals surface area contributed by atoms with Crippen LogP contribution in [0.25, 0.3) is 0 Å². The molecule has 9 heteroatoms. The molecule has 3 N–H and O–H groups in total. The Bertz CT molecular complexity index is 574. The molecule has 0 aromatic carbocycles. The van der Waals surface area contributed by atoms with E-state index in [1.165, 1.54) is 0 Å². The summed E-state index contributed by atoms with van der Waals surface area (Å²) in [6, 6.07) is 0. The van der Waals surface area contributed by atoms with Gasteiger partial charge in [0.25, 0.3) is 0 Å². The van der Waals surface area contributed by atoms with Gasteiger partial charge in [-0.1, -0.05) is 41.0 Å². The number of hydrogen-bond acceptors (Lipinski definition) is 5. The minimum Gasteiger partial charge on any atom is -0.377 e. The largest absolute Gasteiger partial charge is 0.377 e. The maximum absolute atomic E-state index is 12.6. The molecule has 0 saturated carbocycles. The van der Waals surface area contributed by atoms with Crippen LogP contribution in [-0.2, 0) is 23.9 Å². The Labute approximate surface area is 189 Å². The fraction of sp³-hybridized carbons (Fsp3) is 0.864. The summed E-state index contributed by atoms with van der Waals surface area (Å²) in [5.41, 5.74) is -1.28. The standard InChI is InChI=1S/C22H42BN3O5/c1-8-9-10-24-17(27)15-31-14-13-30-12-11-25-18(28)20(2,3)16-21(4,5)26-19(29)22(6,7)23/h8-16H2,1-7H3,(H,24,27)(H,25,28)(H,26,29). The van der Waals surface area contributed by atoms with Crippen LogP contribution in [0, 0.1) is 5.41 Å². The van der Waals surface area contributed by atoms with Crippen molar-refractivity contribution in [2.75, 3.05) is 39.5 Å². The maximum atomic E-state index is 12.6. The molecule has 0 aromatic rings. The molecule has 0 atom stereocenters. The summed E-state index contributed by atoms with van der Waals surface area (Å²) in [6.07, 6.45) is 2.43. The molecular weight excluding hydrogens is 397 g/mol. The van der Waals surface area contributed by atoms with E-state index in [1.54, 1.807) is 13.8 Å². The second-order valence-electron chi connectivity index (χ2n) is 9.74. The van der Waals surface area contributed by atoms with Crippen molar-refractivity contribution in [3.8, 4) is 0 Å². The number of rotatable bonds is 16. The molecule has 0 heterocycles. The van der Waals surface area contributed by atoms with Crippen molar-refractivity contribution in [2.24, 2.45) is 5.41 Å². The highest BCUT2D eigenvalue weighted by atomic mass is 16.5. The molecule has 8 nitrogen and oxygen atoms in total. The van der Waals surface area contributed by atoms with Crippen molar-refractivity contribution in [2.45, 2.75) is 78.6 Å². The fourth-order valence-corrected chi connectivity index (χ4v) is 3.01. The van der Waals surface area contributed by atoms with E-state index >= 15 is 0 Å². The quantitative estimate of drug-likeness (QED) is 0.251. The molecule has 0 bridgehead atoms. The van der Waals surface area contributed by atoms with E-state index in [4.69, 9.17) is 17.3 Å². The lowest BCUT2D eigenvalue weighted by Crippen LogP contribution is -2.51. The lowest BCUT2D eigenvalue weighted by Gasteiger charge is -2.36. The minimum atomic E-state index is -0.983. The first-order chi connectivity index (χ1) is 14.2. The molecule has 3 amide bonds. The van der Waals surface area contributed by atoms with Crippen molar-refractivity contribution >= 4 is 25.6 Å². The van der Waals surface area contributed by atoms with Crippen LogP contribution >= 0.6 is 0 Å². The first-order valence-corrected chi connectivity index (χ1v) is 11.0. The first-order valence-electron chi connectivity index (χ1n) is 11.0. The topological polar surface area (TPSA) is 106 Å². The van der Waals surface area contributed by atoms with Crippen molar-refractivity contribution in [1.82, 2.24) is 16.0 Å². The molecule has 0 rings (SSSR count). The van der Waals surface area contributed by atoms with Crippen molar-refractivity contribution in [1.29, 1.82) is 0 Å². The molecule has 0 spiro atoms. The Balaban J connectivity index is 4.07. The van der Waals surface area contributed by atoms with Gasteiger partial charge in [-0.3, -0.25) is 14.4 Å². The van der Waals surface area contributed by atoms with Crippen LogP contribution in [0.15, 0.2) is 0 Å². The van der Waals surface area contributed by atoms with E-state index in [1.807, 2.05) is 27.7 Å². The average Bonchev–Trinajstić information content (AvgIpc) is 2.61. The molecular formula is C22H42BN3O5. The maximum Gasteiger partial charge on any atom is 0.245 e. The summed E-state index contributed by atoms with van der Waals surface area (Å²) < 4.78 is 10.7. The van der Waals surface area contributed by atoms with Gasteiger partial charge in [-0.15, -0.1) is 0 Å². The third-order valence-electron chi connectivity index (χ3n) is 4.53. The number of carbonyl (C=O) groups is 3. The Morgan fingerprint density at radius 2 is 1.45 bits per heavy atom. The normalized spacial score (nSPS) is 12.4. The van der Waals surface area contributed by atoms with Gasteiger partial charge in [-0.25, -0.2) is 0 Å². The van der Waals surface area contributed by atoms with Gasteiger partial charge in [0.1, 0.15) is 6.61 Å². The number of amides is 3. The van der Waals surface area contributed by atoms with Crippen LogP contribution in [0.2, 0.25) is 5.31 Å². The number of hydrogen-bond donors (Lipinski definition) is 3. The highest BCUT2D eigenvalue weighted by Gasteiger charge is 2.36. The predicted molar refractivity (Wildman–Crippen MR) is 123 cm³/mol. The second-order valence-corrected chi connectivity index (χ2v) is 9.74. The number of carbonyl (C=O) groups excluding carboxylic acids is 3. The summed E-state index contributed by atoms with van der Waals surface area (Å²) in [6.45, 7) is 14.8. The van der Waals surface area contributed by atoms with Crippen LogP contribution in [-0.4, -0.2) is 70.6 Å². The molecule has 0 unspecified atom stereocenters. The lowest BCUT2D eigenvalue weighted by atomic mass is 9.71. The molecule has 0 aromatic heterocycles. The summed E-state index contributed by atoms with van der Waals surface area (Å²) in [4.78, 5) is 36.2. The summed E-state index contributed by atoms with van der Waals surface area (Å²) in [7, 11) is 5.84. The van der Waals surface area contributed by atoms with E-state index in [2.05, 4.69) is 22.9 Å². The van der Waals surface area contributed by atoms with Crippen LogP contribution in [0.3, 0.4) is 0 Å². The average molecular weight is 439 g/mol. The van der Waals surface area contributed by atoms with Crippen LogP contribution in [0.5, 0.6) is 0 Å². The highest BCUT2D eigenvalue weighted by Crippen LogP contribution is 2.29. The zero-order valence-electron chi connectivity index (χ0n) is 20.5. The van der Waals surface area contributed by atoms with Crippen molar-refractivity contribution < 1.29 is 23.9 Å². The molecule has 0 aliphatic heterocycles. The molecule has 31 heavy (non-hydrogen) atoms. The number of unbranched alkanes of at least 4 members (excludes halogenated alkanes) is 1. The predicted octanol–water partition coefficient (Wildman–Crippen LogP) is 1.73. The molecule has 0 aliphatic carbocycles. The monoisotopic (exact) mass is 439 g/mol. The van der Waals surface area contributed by atoms with Crippen molar-refractivity contribution in [3.63, 3.8) is 0 Å². The SMILES string of the molecule is [B]C(C)(C)C(=O)NC(C)(C)CC(C)(C)C(=O)NCCOCCOCC(=O)NCCCC. The zero-order chi connectivity index (χ0) is 24.1. The van der Waals surface area contributed by atoms with E-state index in [9.17, 15) is 14.4 Å². The third kappa shape index (κ3) is 14.1. The second kappa shape index (κ2) is 13.7. The minimum absolute atomic E-state index is 0.0195. The van der Waals surface area contributed by atoms with Crippen LogP contribution < -0.4 is 16.0 Å². The fourth-order valence-electron chi connectivity index (χ4n) is 3.01. The van der Waals surface area contributed by atoms with E-state index in [0.29, 0.717) is 39.3 Å². The molecule has 0 aliphatic rings. The number of nitrogens with one attached hydrogen (secondary N) is 3. The van der Waals surface area contributed by atoms with Crippen molar-refractivity contribution in [3.05, 3.63) is 0 Å². The zero-order valence-corrected chi connectivity index (χ0v) is 20.5. The smallest absolute Gasteiger partial charge is 0.245 e. The third-order valence-corrected chi connectivity index (χ3v) is 4.53. The van der Waals surface area contributed by atoms with E-state index in [0.717, 1.165) is 12.8 Å².